The second kappa shape index (κ2) is 5.63. The van der Waals surface area contributed by atoms with E-state index in [1.807, 2.05) is 13.8 Å². The highest BCUT2D eigenvalue weighted by molar-refractivity contribution is 5.83. The lowest BCUT2D eigenvalue weighted by molar-refractivity contribution is -0.129. The van der Waals surface area contributed by atoms with E-state index < -0.39 is 5.60 Å². The number of hydrogen-bond acceptors (Lipinski definition) is 2. The first-order valence-corrected chi connectivity index (χ1v) is 8.16. The van der Waals surface area contributed by atoms with E-state index in [4.69, 9.17) is 0 Å². The Balaban J connectivity index is 2.04. The molecular formula is C18H30O2. The number of carbonyl (C=O) groups excluding carboxylic acids is 1. The Morgan fingerprint density at radius 2 is 2.15 bits per heavy atom. The van der Waals surface area contributed by atoms with Crippen molar-refractivity contribution in [3.8, 4) is 0 Å². The van der Waals surface area contributed by atoms with E-state index in [0.717, 1.165) is 19.3 Å². The van der Waals surface area contributed by atoms with Gasteiger partial charge in [-0.1, -0.05) is 26.0 Å². The topological polar surface area (TPSA) is 37.3 Å². The number of carbonyl (C=O) groups is 1. The third-order valence-corrected chi connectivity index (χ3v) is 5.63. The molecular weight excluding hydrogens is 248 g/mol. The number of Topliss-reactive ketones (excluding diaryl/α,β-unsaturated/α-hetero) is 1. The molecule has 2 aliphatic rings. The van der Waals surface area contributed by atoms with E-state index in [0.29, 0.717) is 30.0 Å². The SMILES string of the molecule is C[C@H](C=CCC(C)(C)O)C1CCC2C(=O)CCCC21C. The molecule has 2 saturated carbocycles. The van der Waals surface area contributed by atoms with Crippen LogP contribution in [0.5, 0.6) is 0 Å². The van der Waals surface area contributed by atoms with Crippen molar-refractivity contribution in [3.05, 3.63) is 12.2 Å². The Bertz CT molecular complexity index is 391. The van der Waals surface area contributed by atoms with Crippen LogP contribution >= 0.6 is 0 Å². The Hall–Kier alpha value is -0.630. The summed E-state index contributed by atoms with van der Waals surface area (Å²) in [5, 5.41) is 9.77. The number of ketones is 1. The number of rotatable bonds is 4. The van der Waals surface area contributed by atoms with Crippen molar-refractivity contribution in [1.29, 1.82) is 0 Å². The first kappa shape index (κ1) is 15.8. The van der Waals surface area contributed by atoms with E-state index in [2.05, 4.69) is 26.0 Å². The third kappa shape index (κ3) is 3.16. The van der Waals surface area contributed by atoms with E-state index >= 15 is 0 Å². The zero-order valence-electron chi connectivity index (χ0n) is 13.5. The lowest BCUT2D eigenvalue weighted by Gasteiger charge is -2.41. The largest absolute Gasteiger partial charge is 0.390 e. The molecule has 2 heteroatoms. The third-order valence-electron chi connectivity index (χ3n) is 5.63. The van der Waals surface area contributed by atoms with E-state index in [9.17, 15) is 9.90 Å². The van der Waals surface area contributed by atoms with Crippen molar-refractivity contribution >= 4 is 5.78 Å². The van der Waals surface area contributed by atoms with Gasteiger partial charge in [0, 0.05) is 12.3 Å². The summed E-state index contributed by atoms with van der Waals surface area (Å²) in [6.45, 7) is 8.30. The van der Waals surface area contributed by atoms with Gasteiger partial charge in [0.25, 0.3) is 0 Å². The van der Waals surface area contributed by atoms with Crippen molar-refractivity contribution in [1.82, 2.24) is 0 Å². The lowest BCUT2D eigenvalue weighted by Crippen LogP contribution is -2.39. The molecule has 114 valence electrons. The summed E-state index contributed by atoms with van der Waals surface area (Å²) < 4.78 is 0. The monoisotopic (exact) mass is 278 g/mol. The maximum Gasteiger partial charge on any atom is 0.136 e. The van der Waals surface area contributed by atoms with Gasteiger partial charge in [0.1, 0.15) is 5.78 Å². The van der Waals surface area contributed by atoms with Crippen LogP contribution in [0.15, 0.2) is 12.2 Å². The summed E-state index contributed by atoms with van der Waals surface area (Å²) in [5.74, 6) is 1.94. The number of fused-ring (bicyclic) bond motifs is 1. The molecule has 20 heavy (non-hydrogen) atoms. The first-order chi connectivity index (χ1) is 9.24. The van der Waals surface area contributed by atoms with Crippen LogP contribution in [-0.2, 0) is 4.79 Å². The van der Waals surface area contributed by atoms with Crippen LogP contribution in [0.2, 0.25) is 0 Å². The molecule has 2 rings (SSSR count). The lowest BCUT2D eigenvalue weighted by atomic mass is 9.62. The number of aliphatic hydroxyl groups is 1. The Kier molecular flexibility index (Phi) is 4.44. The molecule has 0 radical (unpaired) electrons. The Morgan fingerprint density at radius 3 is 2.80 bits per heavy atom. The van der Waals surface area contributed by atoms with Gasteiger partial charge in [0.15, 0.2) is 0 Å². The zero-order valence-corrected chi connectivity index (χ0v) is 13.5. The minimum atomic E-state index is -0.626. The van der Waals surface area contributed by atoms with E-state index in [-0.39, 0.29) is 5.41 Å². The summed E-state index contributed by atoms with van der Waals surface area (Å²) in [4.78, 5) is 12.1. The predicted octanol–water partition coefficient (Wildman–Crippen LogP) is 4.13. The molecule has 0 spiro atoms. The predicted molar refractivity (Wildman–Crippen MR) is 82.4 cm³/mol. The summed E-state index contributed by atoms with van der Waals surface area (Å²) in [6.07, 6.45) is 10.4. The second-order valence-electron chi connectivity index (χ2n) is 7.87. The van der Waals surface area contributed by atoms with Crippen molar-refractivity contribution in [2.45, 2.75) is 71.8 Å². The van der Waals surface area contributed by atoms with Crippen molar-refractivity contribution in [2.75, 3.05) is 0 Å². The molecule has 1 N–H and O–H groups in total. The standard InChI is InChI=1S/C18H30O2/c1-13(7-5-11-17(2,3)20)14-9-10-15-16(19)8-6-12-18(14,15)4/h5,7,13-15,20H,6,8-12H2,1-4H3/t13-,14?,15?,18?/m1/s1. The van der Waals surface area contributed by atoms with Crippen LogP contribution in [0.1, 0.15) is 66.2 Å². The van der Waals surface area contributed by atoms with Crippen molar-refractivity contribution in [2.24, 2.45) is 23.2 Å². The molecule has 3 unspecified atom stereocenters. The Morgan fingerprint density at radius 1 is 1.45 bits per heavy atom. The highest BCUT2D eigenvalue weighted by atomic mass is 16.3. The molecule has 0 bridgehead atoms. The van der Waals surface area contributed by atoms with Crippen LogP contribution in [-0.4, -0.2) is 16.5 Å². The summed E-state index contributed by atoms with van der Waals surface area (Å²) in [6, 6.07) is 0. The molecule has 0 aliphatic heterocycles. The summed E-state index contributed by atoms with van der Waals surface area (Å²) >= 11 is 0. The first-order valence-electron chi connectivity index (χ1n) is 8.16. The molecule has 0 aromatic heterocycles. The van der Waals surface area contributed by atoms with Gasteiger partial charge in [-0.05, 0) is 63.2 Å². The Labute approximate surface area is 123 Å². The highest BCUT2D eigenvalue weighted by Gasteiger charge is 2.51. The highest BCUT2D eigenvalue weighted by Crippen LogP contribution is 2.56. The molecule has 4 atom stereocenters. The molecule has 2 nitrogen and oxygen atoms in total. The maximum absolute atomic E-state index is 12.1. The fraction of sp³-hybridized carbons (Fsp3) is 0.833. The number of allylic oxidation sites excluding steroid dienone is 1. The number of hydrogen-bond donors (Lipinski definition) is 1. The van der Waals surface area contributed by atoms with Gasteiger partial charge in [-0.25, -0.2) is 0 Å². The molecule has 0 aromatic carbocycles. The summed E-state index contributed by atoms with van der Waals surface area (Å²) in [7, 11) is 0. The van der Waals surface area contributed by atoms with Gasteiger partial charge in [0.2, 0.25) is 0 Å². The fourth-order valence-corrected chi connectivity index (χ4v) is 4.54. The molecule has 0 aromatic rings. The second-order valence-corrected chi connectivity index (χ2v) is 7.87. The van der Waals surface area contributed by atoms with Crippen LogP contribution in [0.4, 0.5) is 0 Å². The quantitative estimate of drug-likeness (QED) is 0.785. The molecule has 0 heterocycles. The van der Waals surface area contributed by atoms with Gasteiger partial charge in [-0.3, -0.25) is 4.79 Å². The van der Waals surface area contributed by atoms with Crippen molar-refractivity contribution in [3.63, 3.8) is 0 Å². The molecule has 2 aliphatic carbocycles. The van der Waals surface area contributed by atoms with Gasteiger partial charge in [-0.2, -0.15) is 0 Å². The fourth-order valence-electron chi connectivity index (χ4n) is 4.54. The maximum atomic E-state index is 12.1. The van der Waals surface area contributed by atoms with Crippen LogP contribution < -0.4 is 0 Å². The van der Waals surface area contributed by atoms with Crippen LogP contribution in [0.3, 0.4) is 0 Å². The smallest absolute Gasteiger partial charge is 0.136 e. The van der Waals surface area contributed by atoms with Gasteiger partial charge < -0.3 is 5.11 Å². The van der Waals surface area contributed by atoms with E-state index in [1.165, 1.54) is 12.8 Å². The minimum absolute atomic E-state index is 0.216. The van der Waals surface area contributed by atoms with Gasteiger partial charge >= 0.3 is 0 Å². The van der Waals surface area contributed by atoms with Crippen molar-refractivity contribution < 1.29 is 9.90 Å². The molecule has 0 saturated heterocycles. The molecule has 0 amide bonds. The van der Waals surface area contributed by atoms with Gasteiger partial charge in [-0.15, -0.1) is 0 Å². The normalized spacial score (nSPS) is 36.4. The minimum Gasteiger partial charge on any atom is -0.390 e. The van der Waals surface area contributed by atoms with Crippen LogP contribution in [0, 0.1) is 23.2 Å². The average molecular weight is 278 g/mol. The average Bonchev–Trinajstić information content (AvgIpc) is 2.66. The zero-order chi connectivity index (χ0) is 15.0. The van der Waals surface area contributed by atoms with Gasteiger partial charge in [0.05, 0.1) is 5.60 Å². The van der Waals surface area contributed by atoms with Crippen LogP contribution in [0.25, 0.3) is 0 Å². The van der Waals surface area contributed by atoms with E-state index in [1.54, 1.807) is 0 Å². The molecule has 2 fully saturated rings. The summed E-state index contributed by atoms with van der Waals surface area (Å²) in [5.41, 5.74) is -0.410.